The van der Waals surface area contributed by atoms with E-state index in [4.69, 9.17) is 4.74 Å². The summed E-state index contributed by atoms with van der Waals surface area (Å²) < 4.78 is 5.31. The summed E-state index contributed by atoms with van der Waals surface area (Å²) in [5.74, 6) is 0. The van der Waals surface area contributed by atoms with Gasteiger partial charge in [-0.05, 0) is 38.5 Å². The summed E-state index contributed by atoms with van der Waals surface area (Å²) in [4.78, 5) is 0. The third-order valence-corrected chi connectivity index (χ3v) is 5.36. The van der Waals surface area contributed by atoms with Crippen LogP contribution >= 0.6 is 0 Å². The van der Waals surface area contributed by atoms with E-state index < -0.39 is 5.60 Å². The maximum absolute atomic E-state index is 11.0. The minimum Gasteiger partial charge on any atom is -0.396 e. The van der Waals surface area contributed by atoms with Gasteiger partial charge in [0.2, 0.25) is 0 Å². The van der Waals surface area contributed by atoms with Crippen molar-refractivity contribution in [1.29, 1.82) is 0 Å². The van der Waals surface area contributed by atoms with Crippen molar-refractivity contribution < 1.29 is 14.9 Å². The second-order valence-electron chi connectivity index (χ2n) is 6.28. The number of aliphatic hydroxyl groups is 2. The summed E-state index contributed by atoms with van der Waals surface area (Å²) in [5, 5.41) is 24.2. The Hall–Kier alpha value is -0.160. The van der Waals surface area contributed by atoms with E-state index in [2.05, 4.69) is 5.32 Å². The molecule has 3 fully saturated rings. The van der Waals surface area contributed by atoms with Crippen LogP contribution in [0.4, 0.5) is 0 Å². The maximum atomic E-state index is 11.0. The summed E-state index contributed by atoms with van der Waals surface area (Å²) in [6.45, 7) is 0.0861. The molecule has 0 aromatic rings. The summed E-state index contributed by atoms with van der Waals surface area (Å²) in [7, 11) is 1.71. The molecule has 98 valence electrons. The monoisotopic (exact) mass is 241 g/mol. The first kappa shape index (κ1) is 11.9. The van der Waals surface area contributed by atoms with Crippen molar-refractivity contribution in [2.24, 2.45) is 5.41 Å². The Morgan fingerprint density at radius 2 is 1.76 bits per heavy atom. The second kappa shape index (κ2) is 3.92. The molecular formula is C13H23NO3. The van der Waals surface area contributed by atoms with Gasteiger partial charge in [0.25, 0.3) is 0 Å². The number of rotatable bonds is 3. The molecule has 0 radical (unpaired) electrons. The number of hydrogen-bond acceptors (Lipinski definition) is 4. The van der Waals surface area contributed by atoms with Crippen LogP contribution in [0.5, 0.6) is 0 Å². The van der Waals surface area contributed by atoms with Crippen LogP contribution in [0.15, 0.2) is 0 Å². The Morgan fingerprint density at radius 3 is 2.24 bits per heavy atom. The Kier molecular flexibility index (Phi) is 2.74. The van der Waals surface area contributed by atoms with Crippen molar-refractivity contribution in [2.45, 2.75) is 62.3 Å². The molecule has 0 aromatic heterocycles. The molecule has 2 unspecified atom stereocenters. The SMILES string of the molecule is COC1CC(CO)(C2(O)CC3CCC(C2)N3)C1. The Morgan fingerprint density at radius 1 is 1.18 bits per heavy atom. The largest absolute Gasteiger partial charge is 0.396 e. The number of piperidine rings is 1. The summed E-state index contributed by atoms with van der Waals surface area (Å²) in [5.41, 5.74) is -0.996. The fourth-order valence-corrected chi connectivity index (χ4v) is 4.19. The third-order valence-electron chi connectivity index (χ3n) is 5.36. The third kappa shape index (κ3) is 1.65. The predicted octanol–water partition coefficient (Wildman–Crippen LogP) is 0.419. The molecular weight excluding hydrogens is 218 g/mol. The zero-order valence-corrected chi connectivity index (χ0v) is 10.5. The molecule has 2 saturated heterocycles. The highest BCUT2D eigenvalue weighted by Crippen LogP contribution is 2.55. The fourth-order valence-electron chi connectivity index (χ4n) is 4.19. The van der Waals surface area contributed by atoms with Crippen LogP contribution in [0.3, 0.4) is 0 Å². The lowest BCUT2D eigenvalue weighted by molar-refractivity contribution is -0.211. The zero-order valence-electron chi connectivity index (χ0n) is 10.5. The van der Waals surface area contributed by atoms with Crippen LogP contribution in [0, 0.1) is 5.41 Å². The minimum atomic E-state index is -0.687. The Balaban J connectivity index is 1.77. The van der Waals surface area contributed by atoms with Crippen LogP contribution < -0.4 is 5.32 Å². The van der Waals surface area contributed by atoms with E-state index in [-0.39, 0.29) is 18.1 Å². The molecule has 2 aliphatic heterocycles. The number of ether oxygens (including phenoxy) is 1. The Bertz CT molecular complexity index is 289. The van der Waals surface area contributed by atoms with Crippen molar-refractivity contribution in [1.82, 2.24) is 5.32 Å². The molecule has 3 aliphatic rings. The van der Waals surface area contributed by atoms with Gasteiger partial charge in [0.15, 0.2) is 0 Å². The van der Waals surface area contributed by atoms with Crippen molar-refractivity contribution >= 4 is 0 Å². The molecule has 2 heterocycles. The molecule has 2 atom stereocenters. The number of methoxy groups -OCH3 is 1. The summed E-state index contributed by atoms with van der Waals surface area (Å²) >= 11 is 0. The smallest absolute Gasteiger partial charge is 0.0757 e. The first-order chi connectivity index (χ1) is 8.11. The number of hydrogen-bond donors (Lipinski definition) is 3. The predicted molar refractivity (Wildman–Crippen MR) is 63.7 cm³/mol. The van der Waals surface area contributed by atoms with E-state index in [0.29, 0.717) is 12.1 Å². The van der Waals surface area contributed by atoms with E-state index in [9.17, 15) is 10.2 Å². The highest BCUT2D eigenvalue weighted by molar-refractivity contribution is 5.13. The van der Waals surface area contributed by atoms with E-state index in [1.54, 1.807) is 7.11 Å². The molecule has 3 rings (SSSR count). The van der Waals surface area contributed by atoms with Crippen molar-refractivity contribution in [3.63, 3.8) is 0 Å². The van der Waals surface area contributed by atoms with E-state index in [0.717, 1.165) is 25.7 Å². The molecule has 0 aromatic carbocycles. The van der Waals surface area contributed by atoms with Crippen LogP contribution in [0.1, 0.15) is 38.5 Å². The first-order valence-electron chi connectivity index (χ1n) is 6.73. The summed E-state index contributed by atoms with van der Waals surface area (Å²) in [6, 6.07) is 0.896. The van der Waals surface area contributed by atoms with Crippen molar-refractivity contribution in [3.05, 3.63) is 0 Å². The van der Waals surface area contributed by atoms with Crippen LogP contribution in [0.25, 0.3) is 0 Å². The lowest BCUT2D eigenvalue weighted by atomic mass is 9.54. The maximum Gasteiger partial charge on any atom is 0.0757 e. The lowest BCUT2D eigenvalue weighted by Gasteiger charge is -2.57. The number of aliphatic hydroxyl groups excluding tert-OH is 1. The topological polar surface area (TPSA) is 61.7 Å². The molecule has 1 saturated carbocycles. The van der Waals surface area contributed by atoms with Gasteiger partial charge < -0.3 is 20.3 Å². The number of nitrogens with one attached hydrogen (secondary N) is 1. The van der Waals surface area contributed by atoms with Gasteiger partial charge in [0.1, 0.15) is 0 Å². The first-order valence-corrected chi connectivity index (χ1v) is 6.73. The van der Waals surface area contributed by atoms with E-state index >= 15 is 0 Å². The van der Waals surface area contributed by atoms with E-state index in [1.807, 2.05) is 0 Å². The zero-order chi connectivity index (χ0) is 12.1. The summed E-state index contributed by atoms with van der Waals surface area (Å²) in [6.07, 6.45) is 5.75. The fraction of sp³-hybridized carbons (Fsp3) is 1.00. The average Bonchev–Trinajstić information content (AvgIpc) is 2.58. The van der Waals surface area contributed by atoms with Crippen LogP contribution in [-0.2, 0) is 4.74 Å². The van der Waals surface area contributed by atoms with Gasteiger partial charge in [-0.25, -0.2) is 0 Å². The normalized spacial score (nSPS) is 53.5. The lowest BCUT2D eigenvalue weighted by Crippen LogP contribution is -2.64. The quantitative estimate of drug-likeness (QED) is 0.670. The molecule has 4 heteroatoms. The van der Waals surface area contributed by atoms with Crippen LogP contribution in [0.2, 0.25) is 0 Å². The molecule has 4 nitrogen and oxygen atoms in total. The van der Waals surface area contributed by atoms with Gasteiger partial charge in [-0.1, -0.05) is 0 Å². The highest BCUT2D eigenvalue weighted by atomic mass is 16.5. The second-order valence-corrected chi connectivity index (χ2v) is 6.28. The number of fused-ring (bicyclic) bond motifs is 2. The molecule has 1 aliphatic carbocycles. The van der Waals surface area contributed by atoms with Gasteiger partial charge in [-0.3, -0.25) is 0 Å². The molecule has 17 heavy (non-hydrogen) atoms. The van der Waals surface area contributed by atoms with Gasteiger partial charge >= 0.3 is 0 Å². The molecule has 0 amide bonds. The van der Waals surface area contributed by atoms with Crippen molar-refractivity contribution in [2.75, 3.05) is 13.7 Å². The molecule has 2 bridgehead atoms. The van der Waals surface area contributed by atoms with Gasteiger partial charge in [-0.15, -0.1) is 0 Å². The molecule has 3 N–H and O–H groups in total. The van der Waals surface area contributed by atoms with Crippen molar-refractivity contribution in [3.8, 4) is 0 Å². The van der Waals surface area contributed by atoms with Crippen LogP contribution in [-0.4, -0.2) is 47.7 Å². The average molecular weight is 241 g/mol. The van der Waals surface area contributed by atoms with Gasteiger partial charge in [0, 0.05) is 24.6 Å². The standard InChI is InChI=1S/C13H23NO3/c1-17-11-6-12(7-11,8-15)13(16)4-9-2-3-10(5-13)14-9/h9-11,14-16H,2-8H2,1H3. The van der Waals surface area contributed by atoms with Gasteiger partial charge in [-0.2, -0.15) is 0 Å². The minimum absolute atomic E-state index is 0.0861. The van der Waals surface area contributed by atoms with Gasteiger partial charge in [0.05, 0.1) is 18.3 Å². The highest BCUT2D eigenvalue weighted by Gasteiger charge is 2.60. The van der Waals surface area contributed by atoms with E-state index in [1.165, 1.54) is 12.8 Å². The molecule has 0 spiro atoms. The Labute approximate surface area is 102 Å².